The molecule has 1 amide bonds. The van der Waals surface area contributed by atoms with Crippen molar-refractivity contribution in [1.82, 2.24) is 10.2 Å². The lowest BCUT2D eigenvalue weighted by atomic mass is 10.1. The fraction of sp³-hybridized carbons (Fsp3) is 0.800. The Morgan fingerprint density at radius 3 is 2.04 bits per heavy atom. The topological polar surface area (TPSA) is 114 Å². The van der Waals surface area contributed by atoms with Crippen LogP contribution in [0.4, 0.5) is 9.59 Å². The van der Waals surface area contributed by atoms with Gasteiger partial charge in [-0.2, -0.15) is 0 Å². The predicted molar refractivity (Wildman–Crippen MR) is 83.5 cm³/mol. The highest BCUT2D eigenvalue weighted by Gasteiger charge is 2.55. The number of piperazine rings is 1. The highest BCUT2D eigenvalue weighted by atomic mass is 16.7. The first kappa shape index (κ1) is 20.0. The Morgan fingerprint density at radius 1 is 1.04 bits per heavy atom. The molecule has 0 aromatic rings. The number of ether oxygens (including phenoxy) is 3. The van der Waals surface area contributed by atoms with E-state index in [4.69, 9.17) is 19.3 Å². The van der Waals surface area contributed by atoms with Crippen molar-refractivity contribution in [2.45, 2.75) is 58.5 Å². The van der Waals surface area contributed by atoms with Crippen LogP contribution >= 0.6 is 0 Å². The molecule has 1 aliphatic heterocycles. The van der Waals surface area contributed by atoms with Gasteiger partial charge in [0.05, 0.1) is 6.54 Å². The minimum absolute atomic E-state index is 0.0292. The summed E-state index contributed by atoms with van der Waals surface area (Å²) in [6, 6.07) is 0. The number of carbonyl (C=O) groups is 3. The van der Waals surface area contributed by atoms with Crippen LogP contribution in [0.15, 0.2) is 0 Å². The van der Waals surface area contributed by atoms with E-state index in [1.54, 1.807) is 41.5 Å². The average Bonchev–Trinajstić information content (AvgIpc) is 2.34. The molecule has 0 aromatic heterocycles. The molecule has 9 nitrogen and oxygen atoms in total. The summed E-state index contributed by atoms with van der Waals surface area (Å²) in [6.07, 6.45) is -2.55. The third-order valence-corrected chi connectivity index (χ3v) is 2.90. The molecule has 1 fully saturated rings. The van der Waals surface area contributed by atoms with Gasteiger partial charge in [-0.1, -0.05) is 0 Å². The third kappa shape index (κ3) is 5.26. The Hall–Kier alpha value is -2.03. The van der Waals surface area contributed by atoms with Gasteiger partial charge in [-0.15, -0.1) is 0 Å². The summed E-state index contributed by atoms with van der Waals surface area (Å²) in [5.74, 6) is -0.976. The van der Waals surface area contributed by atoms with Crippen LogP contribution in [0.2, 0.25) is 0 Å². The van der Waals surface area contributed by atoms with Crippen LogP contribution in [-0.4, -0.2) is 64.8 Å². The van der Waals surface area contributed by atoms with Gasteiger partial charge in [0.15, 0.2) is 0 Å². The van der Waals surface area contributed by atoms with Gasteiger partial charge < -0.3 is 24.6 Å². The zero-order valence-electron chi connectivity index (χ0n) is 15.0. The number of amides is 1. The molecule has 1 unspecified atom stereocenters. The van der Waals surface area contributed by atoms with Crippen molar-refractivity contribution in [3.05, 3.63) is 0 Å². The van der Waals surface area contributed by atoms with Gasteiger partial charge in [-0.3, -0.25) is 4.90 Å². The summed E-state index contributed by atoms with van der Waals surface area (Å²) in [6.45, 7) is 10.1. The molecule has 1 heterocycles. The number of carbonyl (C=O) groups excluding carboxylic acids is 2. The van der Waals surface area contributed by atoms with Crippen LogP contribution in [0.5, 0.6) is 0 Å². The number of nitrogens with zero attached hydrogens (tertiary/aromatic N) is 1. The summed E-state index contributed by atoms with van der Waals surface area (Å²) < 4.78 is 15.4. The van der Waals surface area contributed by atoms with Gasteiger partial charge >= 0.3 is 23.9 Å². The van der Waals surface area contributed by atoms with Crippen molar-refractivity contribution in [3.63, 3.8) is 0 Å². The van der Waals surface area contributed by atoms with Gasteiger partial charge in [-0.05, 0) is 41.5 Å². The monoisotopic (exact) mass is 346 g/mol. The minimum atomic E-state index is -2.14. The van der Waals surface area contributed by atoms with E-state index in [0.29, 0.717) is 6.54 Å². The largest absolute Gasteiger partial charge is 0.508 e. The smallest absolute Gasteiger partial charge is 0.455 e. The molecule has 1 atom stereocenters. The maximum Gasteiger partial charge on any atom is 0.508 e. The molecule has 1 rings (SSSR count). The molecule has 0 saturated carbocycles. The second kappa shape index (κ2) is 6.84. The maximum absolute atomic E-state index is 12.7. The van der Waals surface area contributed by atoms with Crippen molar-refractivity contribution in [2.75, 3.05) is 19.6 Å². The first-order valence-electron chi connectivity index (χ1n) is 7.63. The number of esters is 1. The molecule has 0 aromatic carbocycles. The van der Waals surface area contributed by atoms with E-state index in [1.165, 1.54) is 0 Å². The Kier molecular flexibility index (Phi) is 5.70. The Labute approximate surface area is 141 Å². The van der Waals surface area contributed by atoms with Crippen LogP contribution in [0, 0.1) is 0 Å². The number of carboxylic acid groups (broad SMARTS) is 1. The lowest BCUT2D eigenvalue weighted by Gasteiger charge is -2.44. The summed E-state index contributed by atoms with van der Waals surface area (Å²) in [4.78, 5) is 37.2. The summed E-state index contributed by atoms with van der Waals surface area (Å²) in [5, 5.41) is 11.9. The van der Waals surface area contributed by atoms with Gasteiger partial charge in [0.25, 0.3) is 0 Å². The Morgan fingerprint density at radius 2 is 1.58 bits per heavy atom. The van der Waals surface area contributed by atoms with Crippen molar-refractivity contribution in [1.29, 1.82) is 0 Å². The van der Waals surface area contributed by atoms with E-state index >= 15 is 0 Å². The lowest BCUT2D eigenvalue weighted by Crippen LogP contribution is -2.70. The van der Waals surface area contributed by atoms with Gasteiger partial charge in [0.1, 0.15) is 11.2 Å². The number of rotatable bonds is 2. The molecule has 24 heavy (non-hydrogen) atoms. The lowest BCUT2D eigenvalue weighted by molar-refractivity contribution is -0.202. The summed E-state index contributed by atoms with van der Waals surface area (Å²) >= 11 is 0. The second-order valence-corrected chi connectivity index (χ2v) is 7.46. The van der Waals surface area contributed by atoms with Crippen LogP contribution in [0.25, 0.3) is 0 Å². The Bertz CT molecular complexity index is 507. The molecule has 0 bridgehead atoms. The quantitative estimate of drug-likeness (QED) is 0.572. The van der Waals surface area contributed by atoms with Crippen LogP contribution in [0.3, 0.4) is 0 Å². The highest BCUT2D eigenvalue weighted by molar-refractivity contribution is 5.87. The predicted octanol–water partition coefficient (Wildman–Crippen LogP) is 1.56. The Balaban J connectivity index is 3.22. The second-order valence-electron chi connectivity index (χ2n) is 7.46. The van der Waals surface area contributed by atoms with E-state index in [1.807, 2.05) is 0 Å². The number of hydrogen-bond acceptors (Lipinski definition) is 7. The molecular formula is C15H26N2O7. The van der Waals surface area contributed by atoms with Gasteiger partial charge in [0.2, 0.25) is 0 Å². The van der Waals surface area contributed by atoms with E-state index < -0.39 is 35.1 Å². The average molecular weight is 346 g/mol. The first-order valence-corrected chi connectivity index (χ1v) is 7.63. The SMILES string of the molecule is CC(C)(C)OC(=O)N1CCNCC1(OC(=O)O)C(=O)OC(C)(C)C. The maximum atomic E-state index is 12.7. The van der Waals surface area contributed by atoms with Crippen molar-refractivity contribution < 1.29 is 33.7 Å². The van der Waals surface area contributed by atoms with E-state index in [2.05, 4.69) is 5.32 Å². The van der Waals surface area contributed by atoms with Gasteiger partial charge in [0, 0.05) is 13.1 Å². The van der Waals surface area contributed by atoms with E-state index in [9.17, 15) is 14.4 Å². The normalized spacial score (nSPS) is 21.8. The number of hydrogen-bond donors (Lipinski definition) is 2. The van der Waals surface area contributed by atoms with Crippen LogP contribution < -0.4 is 5.32 Å². The summed E-state index contributed by atoms with van der Waals surface area (Å²) in [5.41, 5.74) is -3.84. The molecular weight excluding hydrogens is 320 g/mol. The summed E-state index contributed by atoms with van der Waals surface area (Å²) in [7, 11) is 0. The minimum Gasteiger partial charge on any atom is -0.455 e. The molecule has 138 valence electrons. The first-order chi connectivity index (χ1) is 10.8. The molecule has 1 aliphatic rings. The molecule has 0 spiro atoms. The van der Waals surface area contributed by atoms with Crippen molar-refractivity contribution >= 4 is 18.2 Å². The standard InChI is InChI=1S/C15H26N2O7/c1-13(2,3)22-10(18)15(24-12(20)21)9-16-7-8-17(15)11(19)23-14(4,5)6/h16H,7-9H2,1-6H3,(H,20,21). The van der Waals surface area contributed by atoms with Crippen molar-refractivity contribution in [3.8, 4) is 0 Å². The van der Waals surface area contributed by atoms with Crippen LogP contribution in [-0.2, 0) is 19.0 Å². The third-order valence-electron chi connectivity index (χ3n) is 2.90. The fourth-order valence-corrected chi connectivity index (χ4v) is 2.10. The molecule has 9 heteroatoms. The molecule has 0 radical (unpaired) electrons. The van der Waals surface area contributed by atoms with Gasteiger partial charge in [-0.25, -0.2) is 14.4 Å². The molecule has 2 N–H and O–H groups in total. The van der Waals surface area contributed by atoms with E-state index in [0.717, 1.165) is 4.90 Å². The zero-order chi connectivity index (χ0) is 18.8. The highest BCUT2D eigenvalue weighted by Crippen LogP contribution is 2.27. The van der Waals surface area contributed by atoms with Crippen molar-refractivity contribution in [2.24, 2.45) is 0 Å². The molecule has 1 saturated heterocycles. The zero-order valence-corrected chi connectivity index (χ0v) is 15.0. The van der Waals surface area contributed by atoms with E-state index in [-0.39, 0.29) is 13.1 Å². The fourth-order valence-electron chi connectivity index (χ4n) is 2.10. The molecule has 0 aliphatic carbocycles. The van der Waals surface area contributed by atoms with Crippen LogP contribution in [0.1, 0.15) is 41.5 Å². The number of nitrogens with one attached hydrogen (secondary N) is 1.